The van der Waals surface area contributed by atoms with Crippen LogP contribution in [0.1, 0.15) is 12.8 Å². The van der Waals surface area contributed by atoms with Gasteiger partial charge in [0.1, 0.15) is 0 Å². The first-order valence-electron chi connectivity index (χ1n) is 5.92. The first-order valence-corrected chi connectivity index (χ1v) is 6.72. The molecular formula is C12H16BrN3. The SMILES string of the molecule is Brc1cncc(N2CCN3CCC2CC3)c1. The fourth-order valence-electron chi connectivity index (χ4n) is 2.78. The summed E-state index contributed by atoms with van der Waals surface area (Å²) in [6, 6.07) is 2.90. The standard InChI is InChI=1S/C12H16BrN3/c13-10-7-12(9-14-8-10)16-6-5-15-3-1-11(16)2-4-15/h7-9,11H,1-6H2. The predicted molar refractivity (Wildman–Crippen MR) is 68.7 cm³/mol. The largest absolute Gasteiger partial charge is 0.366 e. The van der Waals surface area contributed by atoms with Crippen molar-refractivity contribution in [2.24, 2.45) is 0 Å². The molecule has 3 aliphatic rings. The zero-order valence-electron chi connectivity index (χ0n) is 9.27. The molecule has 0 aliphatic carbocycles. The number of halogens is 1. The number of hydrogen-bond acceptors (Lipinski definition) is 3. The molecule has 1 aromatic rings. The maximum Gasteiger partial charge on any atom is 0.0567 e. The van der Waals surface area contributed by atoms with Gasteiger partial charge >= 0.3 is 0 Å². The molecule has 3 fully saturated rings. The molecule has 0 atom stereocenters. The highest BCUT2D eigenvalue weighted by atomic mass is 79.9. The van der Waals surface area contributed by atoms with Gasteiger partial charge in [0.05, 0.1) is 11.9 Å². The zero-order chi connectivity index (χ0) is 11.0. The summed E-state index contributed by atoms with van der Waals surface area (Å²) in [7, 11) is 0. The van der Waals surface area contributed by atoms with Gasteiger partial charge in [0.2, 0.25) is 0 Å². The van der Waals surface area contributed by atoms with E-state index in [-0.39, 0.29) is 0 Å². The topological polar surface area (TPSA) is 19.4 Å². The Hall–Kier alpha value is -0.610. The van der Waals surface area contributed by atoms with Crippen molar-refractivity contribution < 1.29 is 0 Å². The summed E-state index contributed by atoms with van der Waals surface area (Å²) in [6.07, 6.45) is 6.43. The minimum absolute atomic E-state index is 0.717. The Balaban J connectivity index is 1.88. The second-order valence-electron chi connectivity index (χ2n) is 4.63. The molecule has 0 radical (unpaired) electrons. The van der Waals surface area contributed by atoms with Gasteiger partial charge in [-0.15, -0.1) is 0 Å². The molecule has 0 spiro atoms. The third kappa shape index (κ3) is 1.96. The van der Waals surface area contributed by atoms with E-state index in [2.05, 4.69) is 36.8 Å². The van der Waals surface area contributed by atoms with Gasteiger partial charge in [0.25, 0.3) is 0 Å². The number of pyridine rings is 1. The van der Waals surface area contributed by atoms with Crippen molar-refractivity contribution in [3.8, 4) is 0 Å². The minimum Gasteiger partial charge on any atom is -0.366 e. The van der Waals surface area contributed by atoms with Crippen molar-refractivity contribution in [1.29, 1.82) is 0 Å². The summed E-state index contributed by atoms with van der Waals surface area (Å²) < 4.78 is 1.07. The lowest BCUT2D eigenvalue weighted by Gasteiger charge is -2.32. The van der Waals surface area contributed by atoms with Gasteiger partial charge in [0, 0.05) is 42.9 Å². The van der Waals surface area contributed by atoms with E-state index >= 15 is 0 Å². The quantitative estimate of drug-likeness (QED) is 0.786. The Morgan fingerprint density at radius 3 is 2.69 bits per heavy atom. The summed E-state index contributed by atoms with van der Waals surface area (Å²) in [5, 5.41) is 0. The molecule has 16 heavy (non-hydrogen) atoms. The lowest BCUT2D eigenvalue weighted by molar-refractivity contribution is 0.250. The Morgan fingerprint density at radius 2 is 1.94 bits per heavy atom. The maximum absolute atomic E-state index is 4.27. The van der Waals surface area contributed by atoms with E-state index in [0.29, 0.717) is 0 Å². The van der Waals surface area contributed by atoms with Crippen LogP contribution in [0.4, 0.5) is 5.69 Å². The van der Waals surface area contributed by atoms with Crippen LogP contribution in [-0.2, 0) is 0 Å². The molecule has 0 amide bonds. The molecule has 4 rings (SSSR count). The van der Waals surface area contributed by atoms with Crippen LogP contribution < -0.4 is 4.90 Å². The van der Waals surface area contributed by atoms with Crippen LogP contribution in [0.5, 0.6) is 0 Å². The molecule has 0 N–H and O–H groups in total. The van der Waals surface area contributed by atoms with Gasteiger partial charge in [-0.3, -0.25) is 4.98 Å². The Morgan fingerprint density at radius 1 is 1.12 bits per heavy atom. The van der Waals surface area contributed by atoms with Crippen LogP contribution in [0.25, 0.3) is 0 Å². The second-order valence-corrected chi connectivity index (χ2v) is 5.54. The van der Waals surface area contributed by atoms with E-state index in [0.717, 1.165) is 17.1 Å². The summed E-state index contributed by atoms with van der Waals surface area (Å²) in [5.41, 5.74) is 1.27. The fraction of sp³-hybridized carbons (Fsp3) is 0.583. The van der Waals surface area contributed by atoms with Crippen LogP contribution >= 0.6 is 15.9 Å². The molecule has 3 saturated heterocycles. The van der Waals surface area contributed by atoms with Crippen LogP contribution in [0.2, 0.25) is 0 Å². The second kappa shape index (κ2) is 4.34. The van der Waals surface area contributed by atoms with E-state index < -0.39 is 0 Å². The van der Waals surface area contributed by atoms with Gasteiger partial charge in [-0.2, -0.15) is 0 Å². The Kier molecular flexibility index (Phi) is 2.86. The van der Waals surface area contributed by atoms with E-state index in [1.54, 1.807) is 0 Å². The van der Waals surface area contributed by atoms with Crippen LogP contribution in [0, 0.1) is 0 Å². The number of anilines is 1. The molecule has 86 valence electrons. The minimum atomic E-state index is 0.717. The third-order valence-electron chi connectivity index (χ3n) is 3.68. The van der Waals surface area contributed by atoms with E-state index in [9.17, 15) is 0 Å². The lowest BCUT2D eigenvalue weighted by Crippen LogP contribution is -2.37. The number of aromatic nitrogens is 1. The Bertz CT molecular complexity index is 374. The molecule has 3 aliphatic heterocycles. The molecule has 2 bridgehead atoms. The van der Waals surface area contributed by atoms with Gasteiger partial charge in [-0.05, 0) is 34.8 Å². The number of fused-ring (bicyclic) bond motifs is 4. The summed E-state index contributed by atoms with van der Waals surface area (Å²) in [5.74, 6) is 0. The third-order valence-corrected chi connectivity index (χ3v) is 4.11. The van der Waals surface area contributed by atoms with Crippen molar-refractivity contribution in [3.05, 3.63) is 22.9 Å². The molecule has 3 nitrogen and oxygen atoms in total. The van der Waals surface area contributed by atoms with Crippen LogP contribution in [0.3, 0.4) is 0 Å². The monoisotopic (exact) mass is 281 g/mol. The molecule has 0 saturated carbocycles. The number of piperidine rings is 1. The van der Waals surface area contributed by atoms with Crippen molar-refractivity contribution in [1.82, 2.24) is 9.88 Å². The predicted octanol–water partition coefficient (Wildman–Crippen LogP) is 2.13. The zero-order valence-corrected chi connectivity index (χ0v) is 10.9. The highest BCUT2D eigenvalue weighted by Crippen LogP contribution is 2.27. The van der Waals surface area contributed by atoms with Crippen LogP contribution in [-0.4, -0.2) is 42.1 Å². The van der Waals surface area contributed by atoms with Gasteiger partial charge in [-0.1, -0.05) is 0 Å². The van der Waals surface area contributed by atoms with Gasteiger partial charge in [0.15, 0.2) is 0 Å². The first kappa shape index (κ1) is 10.5. The summed E-state index contributed by atoms with van der Waals surface area (Å²) in [6.45, 7) is 4.87. The number of rotatable bonds is 1. The smallest absolute Gasteiger partial charge is 0.0567 e. The van der Waals surface area contributed by atoms with Crippen LogP contribution in [0.15, 0.2) is 22.9 Å². The summed E-state index contributed by atoms with van der Waals surface area (Å²) in [4.78, 5) is 9.37. The highest BCUT2D eigenvalue weighted by Gasteiger charge is 2.29. The molecule has 4 heterocycles. The lowest BCUT2D eigenvalue weighted by atomic mass is 10.0. The molecular weight excluding hydrogens is 266 g/mol. The number of nitrogens with zero attached hydrogens (tertiary/aromatic N) is 3. The molecule has 0 aromatic carbocycles. The highest BCUT2D eigenvalue weighted by molar-refractivity contribution is 9.10. The van der Waals surface area contributed by atoms with Crippen molar-refractivity contribution in [2.45, 2.75) is 18.9 Å². The van der Waals surface area contributed by atoms with E-state index in [1.165, 1.54) is 38.2 Å². The van der Waals surface area contributed by atoms with Crippen molar-refractivity contribution >= 4 is 21.6 Å². The fourth-order valence-corrected chi connectivity index (χ4v) is 3.14. The maximum atomic E-state index is 4.27. The van der Waals surface area contributed by atoms with Crippen molar-refractivity contribution in [3.63, 3.8) is 0 Å². The molecule has 1 aromatic heterocycles. The number of hydrogen-bond donors (Lipinski definition) is 0. The Labute approximate surface area is 105 Å². The summed E-state index contributed by atoms with van der Waals surface area (Å²) >= 11 is 3.50. The first-order chi connectivity index (χ1) is 7.83. The molecule has 4 heteroatoms. The van der Waals surface area contributed by atoms with E-state index in [4.69, 9.17) is 0 Å². The van der Waals surface area contributed by atoms with Gasteiger partial charge < -0.3 is 9.80 Å². The van der Waals surface area contributed by atoms with Gasteiger partial charge in [-0.25, -0.2) is 0 Å². The average molecular weight is 282 g/mol. The van der Waals surface area contributed by atoms with Crippen molar-refractivity contribution in [2.75, 3.05) is 31.1 Å². The normalized spacial score (nSPS) is 29.2. The molecule has 0 unspecified atom stereocenters. The van der Waals surface area contributed by atoms with E-state index in [1.807, 2.05) is 12.4 Å². The average Bonchev–Trinajstić information content (AvgIpc) is 2.62.